The first kappa shape index (κ1) is 40.3. The van der Waals surface area contributed by atoms with Gasteiger partial charge in [-0.15, -0.1) is 0 Å². The first-order valence-corrected chi connectivity index (χ1v) is 23.3. The molecule has 0 saturated carbocycles. The average molecular weight is 830 g/mol. The van der Waals surface area contributed by atoms with E-state index in [1.54, 1.807) is 0 Å². The summed E-state index contributed by atoms with van der Waals surface area (Å²) < 4.78 is 0. The van der Waals surface area contributed by atoms with Crippen LogP contribution >= 0.6 is 0 Å². The molecule has 0 heterocycles. The van der Waals surface area contributed by atoms with Crippen molar-refractivity contribution < 1.29 is 0 Å². The van der Waals surface area contributed by atoms with E-state index in [1.165, 1.54) is 106 Å². The van der Waals surface area contributed by atoms with E-state index >= 15 is 0 Å². The summed E-state index contributed by atoms with van der Waals surface area (Å²) >= 11 is 0. The van der Waals surface area contributed by atoms with E-state index in [4.69, 9.17) is 0 Å². The molecule has 64 heavy (non-hydrogen) atoms. The number of nitrogens with zero attached hydrogens (tertiary/aromatic N) is 1. The van der Waals surface area contributed by atoms with Gasteiger partial charge in [0.1, 0.15) is 0 Å². The smallest absolute Gasteiger partial charge is 0.0737 e. The van der Waals surface area contributed by atoms with Gasteiger partial charge in [-0.05, 0) is 125 Å². The molecule has 0 atom stereocenters. The van der Waals surface area contributed by atoms with Gasteiger partial charge < -0.3 is 4.90 Å². The lowest BCUT2D eigenvalue weighted by Gasteiger charge is -2.40. The molecule has 0 saturated heterocycles. The molecule has 8 aromatic carbocycles. The highest BCUT2D eigenvalue weighted by atomic mass is 15.1. The third-order valence-electron chi connectivity index (χ3n) is 15.2. The van der Waals surface area contributed by atoms with Crippen molar-refractivity contribution in [3.8, 4) is 33.4 Å². The van der Waals surface area contributed by atoms with Gasteiger partial charge in [0, 0.05) is 27.8 Å². The second-order valence-corrected chi connectivity index (χ2v) is 21.8. The Balaban J connectivity index is 1.28. The van der Waals surface area contributed by atoms with Gasteiger partial charge in [-0.1, -0.05) is 215 Å². The fourth-order valence-electron chi connectivity index (χ4n) is 12.0. The molecule has 0 unspecified atom stereocenters. The van der Waals surface area contributed by atoms with Crippen LogP contribution in [0.25, 0.3) is 33.4 Å². The fraction of sp³-hybridized carbons (Fsp3) is 0.238. The van der Waals surface area contributed by atoms with E-state index in [2.05, 4.69) is 250 Å². The van der Waals surface area contributed by atoms with Crippen LogP contribution in [-0.2, 0) is 27.1 Å². The van der Waals surface area contributed by atoms with E-state index in [9.17, 15) is 0 Å². The first-order chi connectivity index (χ1) is 30.5. The van der Waals surface area contributed by atoms with Gasteiger partial charge in [0.25, 0.3) is 0 Å². The van der Waals surface area contributed by atoms with Gasteiger partial charge in [-0.3, -0.25) is 0 Å². The monoisotopic (exact) mass is 829 g/mol. The van der Waals surface area contributed by atoms with Crippen LogP contribution in [0.15, 0.2) is 176 Å². The van der Waals surface area contributed by atoms with Crippen molar-refractivity contribution in [3.05, 3.63) is 232 Å². The zero-order valence-electron chi connectivity index (χ0n) is 39.2. The molecule has 0 bridgehead atoms. The Bertz CT molecular complexity index is 3020. The van der Waals surface area contributed by atoms with Crippen LogP contribution in [0, 0.1) is 0 Å². The van der Waals surface area contributed by atoms with Gasteiger partial charge in [-0.25, -0.2) is 0 Å². The van der Waals surface area contributed by atoms with Crippen LogP contribution in [-0.4, -0.2) is 0 Å². The zero-order chi connectivity index (χ0) is 44.6. The number of benzene rings is 8. The predicted molar refractivity (Wildman–Crippen MR) is 271 cm³/mol. The van der Waals surface area contributed by atoms with Crippen LogP contribution in [0.4, 0.5) is 17.1 Å². The van der Waals surface area contributed by atoms with Crippen molar-refractivity contribution in [1.29, 1.82) is 0 Å². The third-order valence-corrected chi connectivity index (χ3v) is 15.2. The summed E-state index contributed by atoms with van der Waals surface area (Å²) in [7, 11) is 0. The maximum absolute atomic E-state index is 2.62. The van der Waals surface area contributed by atoms with Gasteiger partial charge >= 0.3 is 0 Å². The lowest BCUT2D eigenvalue weighted by atomic mass is 9.63. The molecule has 0 aromatic heterocycles. The highest BCUT2D eigenvalue weighted by Crippen LogP contribution is 2.63. The summed E-state index contributed by atoms with van der Waals surface area (Å²) in [5.41, 5.74) is 23.9. The molecule has 0 spiro atoms. The van der Waals surface area contributed by atoms with Crippen LogP contribution in [0.2, 0.25) is 0 Å². The summed E-state index contributed by atoms with van der Waals surface area (Å²) in [5, 5.41) is 0. The molecule has 0 amide bonds. The van der Waals surface area contributed by atoms with Crippen molar-refractivity contribution >= 4 is 17.1 Å². The molecule has 0 N–H and O–H groups in total. The number of anilines is 3. The van der Waals surface area contributed by atoms with Gasteiger partial charge in [0.05, 0.1) is 11.1 Å². The fourth-order valence-corrected chi connectivity index (χ4v) is 12.0. The molecule has 0 aliphatic heterocycles. The normalized spacial score (nSPS) is 15.7. The molecule has 11 rings (SSSR count). The molecule has 1 heteroatoms. The topological polar surface area (TPSA) is 3.24 Å². The van der Waals surface area contributed by atoms with E-state index in [1.807, 2.05) is 0 Å². The van der Waals surface area contributed by atoms with Crippen molar-refractivity contribution in [1.82, 2.24) is 0 Å². The molecule has 3 aliphatic carbocycles. The Hall–Kier alpha value is -6.44. The van der Waals surface area contributed by atoms with Gasteiger partial charge in [-0.2, -0.15) is 0 Å². The van der Waals surface area contributed by atoms with Crippen LogP contribution in [0.5, 0.6) is 0 Å². The quantitative estimate of drug-likeness (QED) is 0.167. The van der Waals surface area contributed by atoms with E-state index in [0.717, 1.165) is 0 Å². The maximum Gasteiger partial charge on any atom is 0.0737 e. The molecule has 0 fully saturated rings. The minimum atomic E-state index is -0.639. The van der Waals surface area contributed by atoms with Crippen molar-refractivity contribution in [3.63, 3.8) is 0 Å². The highest BCUT2D eigenvalue weighted by Gasteiger charge is 2.51. The Morgan fingerprint density at radius 2 is 0.812 bits per heavy atom. The Labute approximate surface area is 381 Å². The number of hydrogen-bond donors (Lipinski definition) is 0. The Morgan fingerprint density at radius 1 is 0.359 bits per heavy atom. The summed E-state index contributed by atoms with van der Waals surface area (Å²) in [6, 6.07) is 67.6. The SMILES string of the molecule is CC(C)(C)c1cc2c(c(C(C)(C)C)c1)C(c1ccccc1)(c1ccccc1)c1c-2cccc1N(c1ccc2c(c1)C(C)(C)c1ccccc1-2)c1ccc2c(c1)C(C)(C)c1ccccc1-2. The van der Waals surface area contributed by atoms with Crippen molar-refractivity contribution in [2.75, 3.05) is 4.90 Å². The molecule has 1 nitrogen and oxygen atoms in total. The van der Waals surface area contributed by atoms with Gasteiger partial charge in [0.2, 0.25) is 0 Å². The van der Waals surface area contributed by atoms with Crippen LogP contribution in [0.3, 0.4) is 0 Å². The largest absolute Gasteiger partial charge is 0.310 e. The van der Waals surface area contributed by atoms with Crippen molar-refractivity contribution in [2.24, 2.45) is 0 Å². The standard InChI is InChI=1S/C63H59N/c1-59(2,3)42-36-50-49-28-21-31-56(58(49)63(40-22-13-11-14-23-40,41-24-15-12-16-25-41)57(50)55(37-42)60(4,5)6)64(43-32-34-47-45-26-17-19-29-51(45)61(7,8)53(47)38-43)44-33-35-48-46-27-18-20-30-52(46)62(9,10)54(48)39-44/h11-39H,1-10H3. The van der Waals surface area contributed by atoms with E-state index in [0.29, 0.717) is 0 Å². The molecule has 316 valence electrons. The number of fused-ring (bicyclic) bond motifs is 9. The summed E-state index contributed by atoms with van der Waals surface area (Å²) in [5.74, 6) is 0. The predicted octanol–water partition coefficient (Wildman–Crippen LogP) is 16.7. The second kappa shape index (κ2) is 13.8. The number of rotatable bonds is 5. The Morgan fingerprint density at radius 3 is 1.30 bits per heavy atom. The second-order valence-electron chi connectivity index (χ2n) is 21.8. The molecular formula is C63H59N. The maximum atomic E-state index is 2.62. The average Bonchev–Trinajstić information content (AvgIpc) is 3.81. The molecular weight excluding hydrogens is 771 g/mol. The molecule has 0 radical (unpaired) electrons. The van der Waals surface area contributed by atoms with Gasteiger partial charge in [0.15, 0.2) is 0 Å². The van der Waals surface area contributed by atoms with E-state index < -0.39 is 5.41 Å². The molecule has 8 aromatic rings. The summed E-state index contributed by atoms with van der Waals surface area (Å²) in [6.07, 6.45) is 0. The molecule has 3 aliphatic rings. The minimum Gasteiger partial charge on any atom is -0.310 e. The third kappa shape index (κ3) is 5.62. The lowest BCUT2D eigenvalue weighted by molar-refractivity contribution is 0.557. The van der Waals surface area contributed by atoms with Crippen LogP contribution < -0.4 is 4.90 Å². The highest BCUT2D eigenvalue weighted by molar-refractivity contribution is 5.97. The summed E-state index contributed by atoms with van der Waals surface area (Å²) in [6.45, 7) is 23.9. The Kier molecular flexibility index (Phi) is 8.69. The van der Waals surface area contributed by atoms with E-state index in [-0.39, 0.29) is 21.7 Å². The summed E-state index contributed by atoms with van der Waals surface area (Å²) in [4.78, 5) is 2.62. The first-order valence-electron chi connectivity index (χ1n) is 23.3. The van der Waals surface area contributed by atoms with Crippen molar-refractivity contribution in [2.45, 2.75) is 96.3 Å². The van der Waals surface area contributed by atoms with Crippen LogP contribution in [0.1, 0.15) is 125 Å². The minimum absolute atomic E-state index is 0.0484. The zero-order valence-corrected chi connectivity index (χ0v) is 39.2. The number of hydrogen-bond acceptors (Lipinski definition) is 1. The lowest BCUT2D eigenvalue weighted by Crippen LogP contribution is -2.33.